The first kappa shape index (κ1) is 108. The Labute approximate surface area is 792 Å². The van der Waals surface area contributed by atoms with E-state index in [1.54, 1.807) is 41.1 Å². The number of nitrogen functional groups attached to an aromatic ring is 1. The second kappa shape index (κ2) is 54.6. The van der Waals surface area contributed by atoms with Gasteiger partial charge in [0, 0.05) is 111 Å². The van der Waals surface area contributed by atoms with Crippen molar-refractivity contribution in [1.29, 1.82) is 0 Å². The number of aliphatic hydroxyl groups excluding tert-OH is 2. The molecule has 7 N–H and O–H groups in total. The zero-order valence-electron chi connectivity index (χ0n) is 80.6. The number of fused-ring (bicyclic) bond motifs is 6. The van der Waals surface area contributed by atoms with Gasteiger partial charge in [0.05, 0.1) is 148 Å². The number of nitrogens with zero attached hydrogens (tertiary/aromatic N) is 8. The Bertz CT molecular complexity index is 4850. The number of hydrogen-bond acceptors (Lipinski definition) is 32. The molecule has 3 amide bonds. The summed E-state index contributed by atoms with van der Waals surface area (Å²) in [6.07, 6.45) is 10.9. The number of aliphatic hydroxyl groups is 3. The molecule has 750 valence electrons. The lowest BCUT2D eigenvalue weighted by molar-refractivity contribution is -0.265. The van der Waals surface area contributed by atoms with Gasteiger partial charge in [-0.3, -0.25) is 19.2 Å². The second-order valence-electron chi connectivity index (χ2n) is 36.1. The number of esters is 1. The van der Waals surface area contributed by atoms with Gasteiger partial charge in [0.25, 0.3) is 17.7 Å². The standard InChI is InChI=1S/C97H145N11O26S/c1-63-18-14-13-15-19-64(2)81(120-10)58-75-26-21-69(7)97(117,134-75)90(113)93(114)107-33-17-16-20-77(107)94(115)131-82(59-78(109)65(3)53-68(6)88(112)89(122-12)87(111)67(5)52-63)66(4)54-70-23-27-80(83(56-70)121-11)133-96(116)100-31-36-124-38-40-126-42-44-128-46-48-130-50-49-129-47-45-127-43-41-125-39-37-123-35-30-84(110)99-32-51-135(118,119)106-34-29-72-55-71(22-24-74(72)61-106)60-108-92-85(91(105(8)9)101-62-102-92)86(104-108)73-25-28-79-76(57-73)103-95(98)132-79/h13-15,18-19,22,24-25,28,53,55,57,62-63,65-67,69-70,75,77-78,80-83,88-89,109,112,117H,16-17,20-21,23,26-27,29-52,54,56,58-61H2,1-12H3,(H2,98,103)(H,99,110)(H,100,116)/b15-13+,18-14+,64-19+,68-53+/t63-,65-,66-,67-,69-,70+,75+,77+,78-,80-,81+,82+,83-,88-,89+,97-/m1/s1. The van der Waals surface area contributed by atoms with E-state index in [9.17, 15) is 52.5 Å². The third kappa shape index (κ3) is 32.2. The molecule has 1 saturated carbocycles. The van der Waals surface area contributed by atoms with Gasteiger partial charge in [-0.2, -0.15) is 14.4 Å². The van der Waals surface area contributed by atoms with Crippen LogP contribution in [0.4, 0.5) is 16.6 Å². The number of carbonyl (C=O) groups is 6. The Balaban J connectivity index is 0.538. The van der Waals surface area contributed by atoms with Gasteiger partial charge in [0.2, 0.25) is 21.7 Å². The van der Waals surface area contributed by atoms with Crippen LogP contribution in [0.3, 0.4) is 0 Å². The molecule has 10 rings (SSSR count). The molecule has 2 aromatic carbocycles. The fraction of sp³-hybridized carbons (Fsp3) is 0.670. The van der Waals surface area contributed by atoms with Crippen molar-refractivity contribution in [3.05, 3.63) is 107 Å². The molecule has 0 spiro atoms. The number of allylic oxidation sites excluding steroid dienone is 5. The number of cyclic esters (lactones) is 1. The number of Topliss-reactive ketones (excluding diaryl/α,β-unsaturated/α-hetero) is 2. The summed E-state index contributed by atoms with van der Waals surface area (Å²) in [7, 11) is 4.67. The second-order valence-corrected chi connectivity index (χ2v) is 38.2. The van der Waals surface area contributed by atoms with Crippen molar-refractivity contribution >= 4 is 79.4 Å². The van der Waals surface area contributed by atoms with E-state index < -0.39 is 118 Å². The minimum Gasteiger partial charge on any atom is -0.460 e. The normalized spacial score (nSPS) is 26.9. The summed E-state index contributed by atoms with van der Waals surface area (Å²) in [6, 6.07) is 10.5. The molecular formula is C97H145N11O26S. The third-order valence-electron chi connectivity index (χ3n) is 25.8. The maximum absolute atomic E-state index is 14.8. The van der Waals surface area contributed by atoms with Crippen molar-refractivity contribution in [2.24, 2.45) is 35.5 Å². The summed E-state index contributed by atoms with van der Waals surface area (Å²) in [6.45, 7) is 19.2. The highest BCUT2D eigenvalue weighted by Gasteiger charge is 2.53. The topological polar surface area (TPSA) is 456 Å². The molecule has 2 bridgehead atoms. The SMILES string of the molecule is CO[C@H]1C[C@@H]2CC[C@@H](C)[C@@](O)(O2)C(=O)C(=O)N2CCCC[C@H]2C(=O)O[C@H]([C@H](C)C[C@@H]2CC[C@@H](OC(=O)NCCOCCOCCOCCOCCOCCOCCOCCOCCC(=O)NCCS(=O)(=O)N3CCc4cc(Cn5nc(-c6ccc7oc(N)nc7c6)c6c(N(C)C)ncnc65)ccc4C3)[C@H](OC)C2)C[C@@H](O)[C@H](C)/C=C(\C)[C@@H](O)[C@@H](OC)C(=O)[C@H](C)C[C@H](C)/C=C/C=C/C=C/1C. The van der Waals surface area contributed by atoms with Crippen LogP contribution in [-0.2, 0) is 120 Å². The van der Waals surface area contributed by atoms with Gasteiger partial charge in [-0.25, -0.2) is 32.7 Å². The average molecular weight is 1910 g/mol. The smallest absolute Gasteiger partial charge is 0.407 e. The Morgan fingerprint density at radius 3 is 2.04 bits per heavy atom. The number of oxazole rings is 1. The van der Waals surface area contributed by atoms with Crippen LogP contribution in [0.1, 0.15) is 149 Å². The van der Waals surface area contributed by atoms with E-state index in [0.717, 1.165) is 33.2 Å². The molecular weight excluding hydrogens is 1770 g/mol. The van der Waals surface area contributed by atoms with Gasteiger partial charge in [-0.05, 0) is 148 Å². The first-order valence-electron chi connectivity index (χ1n) is 47.5. The van der Waals surface area contributed by atoms with E-state index >= 15 is 0 Å². The Morgan fingerprint density at radius 2 is 1.39 bits per heavy atom. The average Bonchev–Trinajstić information content (AvgIpc) is 1.65. The molecule has 38 heteroatoms. The highest BCUT2D eigenvalue weighted by molar-refractivity contribution is 7.89. The van der Waals surface area contributed by atoms with Crippen LogP contribution in [0.5, 0.6) is 0 Å². The van der Waals surface area contributed by atoms with Gasteiger partial charge in [0.15, 0.2) is 17.0 Å². The molecule has 2 saturated heterocycles. The molecule has 5 aliphatic rings. The molecule has 0 unspecified atom stereocenters. The zero-order chi connectivity index (χ0) is 97.1. The number of nitrogens with one attached hydrogen (secondary N) is 2. The van der Waals surface area contributed by atoms with Gasteiger partial charge >= 0.3 is 12.1 Å². The van der Waals surface area contributed by atoms with Crippen LogP contribution >= 0.6 is 0 Å². The number of anilines is 2. The van der Waals surface area contributed by atoms with Crippen LogP contribution in [0.25, 0.3) is 33.4 Å². The summed E-state index contributed by atoms with van der Waals surface area (Å²) in [5, 5.41) is 47.2. The van der Waals surface area contributed by atoms with Crippen molar-refractivity contribution < 1.29 is 123 Å². The summed E-state index contributed by atoms with van der Waals surface area (Å²) in [5.41, 5.74) is 13.4. The number of hydrogen-bond donors (Lipinski definition) is 6. The third-order valence-corrected chi connectivity index (χ3v) is 27.6. The highest BCUT2D eigenvalue weighted by atomic mass is 32.2. The van der Waals surface area contributed by atoms with E-state index in [1.807, 2.05) is 112 Å². The first-order valence-corrected chi connectivity index (χ1v) is 49.1. The number of aromatic nitrogens is 5. The lowest BCUT2D eigenvalue weighted by atomic mass is 9.78. The Morgan fingerprint density at radius 1 is 0.711 bits per heavy atom. The largest absolute Gasteiger partial charge is 0.460 e. The van der Waals surface area contributed by atoms with E-state index in [1.165, 1.54) is 22.6 Å². The van der Waals surface area contributed by atoms with Gasteiger partial charge in [-0.1, -0.05) is 89.3 Å². The minimum atomic E-state index is -3.67. The number of carbonyl (C=O) groups excluding carboxylic acids is 6. The number of benzene rings is 2. The monoisotopic (exact) mass is 1910 g/mol. The Kier molecular flexibility index (Phi) is 43.9. The van der Waals surface area contributed by atoms with E-state index in [-0.39, 0.29) is 114 Å². The number of nitrogens with two attached hydrogens (primary N) is 1. The number of amides is 3. The van der Waals surface area contributed by atoms with Crippen LogP contribution < -0.4 is 21.3 Å². The predicted octanol–water partition coefficient (Wildman–Crippen LogP) is 8.38. The lowest BCUT2D eigenvalue weighted by Gasteiger charge is -2.43. The summed E-state index contributed by atoms with van der Waals surface area (Å²) in [4.78, 5) is 100. The van der Waals surface area contributed by atoms with E-state index in [2.05, 4.69) is 31.7 Å². The fourth-order valence-electron chi connectivity index (χ4n) is 18.0. The molecule has 3 fully saturated rings. The summed E-state index contributed by atoms with van der Waals surface area (Å²) >= 11 is 0. The summed E-state index contributed by atoms with van der Waals surface area (Å²) < 4.78 is 117. The maximum Gasteiger partial charge on any atom is 0.407 e. The highest BCUT2D eigenvalue weighted by Crippen LogP contribution is 2.41. The molecule has 135 heavy (non-hydrogen) atoms. The molecule has 5 aromatic rings. The fourth-order valence-corrected chi connectivity index (χ4v) is 19.3. The van der Waals surface area contributed by atoms with Crippen LogP contribution in [-0.4, -0.2) is 327 Å². The maximum atomic E-state index is 14.8. The molecule has 0 radical (unpaired) electrons. The number of alkyl carbamates (subject to hydrolysis) is 1. The number of ether oxygens (including phenoxy) is 14. The van der Waals surface area contributed by atoms with Gasteiger partial charge in [-0.15, -0.1) is 0 Å². The molecule has 7 heterocycles. The van der Waals surface area contributed by atoms with Crippen molar-refractivity contribution in [2.75, 3.05) is 184 Å². The van der Waals surface area contributed by atoms with E-state index in [0.29, 0.717) is 190 Å². The Hall–Kier alpha value is -8.65. The van der Waals surface area contributed by atoms with Crippen molar-refractivity contribution in [3.8, 4) is 11.3 Å². The quantitative estimate of drug-likeness (QED) is 0.00924. The molecule has 1 aliphatic carbocycles. The molecule has 37 nitrogen and oxygen atoms in total. The number of ketones is 2. The van der Waals surface area contributed by atoms with E-state index in [4.69, 9.17) is 81.6 Å². The minimum absolute atomic E-state index is 0.00136. The summed E-state index contributed by atoms with van der Waals surface area (Å²) in [5.74, 6) is -7.80. The lowest BCUT2D eigenvalue weighted by Crippen LogP contribution is -2.61. The predicted molar refractivity (Wildman–Crippen MR) is 503 cm³/mol. The van der Waals surface area contributed by atoms with Crippen molar-refractivity contribution in [3.63, 3.8) is 0 Å². The van der Waals surface area contributed by atoms with Crippen molar-refractivity contribution in [1.82, 2.24) is 44.6 Å². The first-order chi connectivity index (χ1) is 64.9. The molecule has 16 atom stereocenters. The molecule has 4 aliphatic heterocycles. The zero-order valence-corrected chi connectivity index (χ0v) is 81.4. The van der Waals surface area contributed by atoms with Gasteiger partial charge in [0.1, 0.15) is 53.8 Å². The van der Waals surface area contributed by atoms with Gasteiger partial charge < -0.3 is 112 Å². The molecule has 3 aromatic heterocycles. The number of sulfonamides is 1. The van der Waals surface area contributed by atoms with Crippen LogP contribution in [0.15, 0.2) is 94.7 Å². The van der Waals surface area contributed by atoms with Crippen molar-refractivity contribution in [2.45, 2.75) is 212 Å². The number of piperidine rings is 1. The van der Waals surface area contributed by atoms with Crippen LogP contribution in [0.2, 0.25) is 0 Å². The number of rotatable bonds is 42. The number of methoxy groups -OCH3 is 3. The van der Waals surface area contributed by atoms with Crippen LogP contribution in [0, 0.1) is 35.5 Å².